The third-order valence-electron chi connectivity index (χ3n) is 4.56. The second-order valence-electron chi connectivity index (χ2n) is 7.05. The largest absolute Gasteiger partial charge is 0.508 e. The van der Waals surface area contributed by atoms with E-state index in [1.54, 1.807) is 67.8 Å². The van der Waals surface area contributed by atoms with Crippen molar-refractivity contribution < 1.29 is 14.8 Å². The van der Waals surface area contributed by atoms with E-state index in [2.05, 4.69) is 36.1 Å². The van der Waals surface area contributed by atoms with Gasteiger partial charge in [-0.15, -0.1) is 0 Å². The first-order valence-electron chi connectivity index (χ1n) is 10.3. The topological polar surface area (TPSA) is 160 Å². The molecule has 0 spiro atoms. The minimum Gasteiger partial charge on any atom is -0.508 e. The van der Waals surface area contributed by atoms with Crippen LogP contribution < -0.4 is 20.8 Å². The highest BCUT2D eigenvalue weighted by Crippen LogP contribution is 2.22. The number of benzene rings is 3. The third-order valence-corrected chi connectivity index (χ3v) is 4.56. The lowest BCUT2D eigenvalue weighted by Gasteiger charge is -2.10. The van der Waals surface area contributed by atoms with Crippen molar-refractivity contribution in [1.29, 1.82) is 0 Å². The van der Waals surface area contributed by atoms with Gasteiger partial charge in [0.25, 0.3) is 5.69 Å². The molecule has 12 heteroatoms. The number of hydrazone groups is 1. The molecule has 3 aromatic carbocycles. The average Bonchev–Trinajstić information content (AvgIpc) is 2.85. The van der Waals surface area contributed by atoms with Gasteiger partial charge in [-0.25, -0.2) is 5.43 Å². The quantitative estimate of drug-likeness (QED) is 0.156. The van der Waals surface area contributed by atoms with Crippen molar-refractivity contribution in [2.45, 2.75) is 0 Å². The zero-order valence-corrected chi connectivity index (χ0v) is 18.4. The van der Waals surface area contributed by atoms with Gasteiger partial charge >= 0.3 is 0 Å². The van der Waals surface area contributed by atoms with Crippen LogP contribution in [0.3, 0.4) is 0 Å². The number of methoxy groups -OCH3 is 1. The first kappa shape index (κ1) is 22.9. The molecule has 1 heterocycles. The Balaban J connectivity index is 1.58. The van der Waals surface area contributed by atoms with Crippen LogP contribution in [-0.4, -0.2) is 38.3 Å². The van der Waals surface area contributed by atoms with Crippen molar-refractivity contribution >= 4 is 41.1 Å². The van der Waals surface area contributed by atoms with Gasteiger partial charge in [0.05, 0.1) is 18.2 Å². The van der Waals surface area contributed by atoms with Crippen LogP contribution in [0.2, 0.25) is 0 Å². The molecule has 0 amide bonds. The monoisotopic (exact) mass is 472 g/mol. The van der Waals surface area contributed by atoms with Crippen molar-refractivity contribution in [2.75, 3.05) is 23.2 Å². The number of nitro groups is 1. The Morgan fingerprint density at radius 1 is 0.914 bits per heavy atom. The summed E-state index contributed by atoms with van der Waals surface area (Å²) in [7, 11) is 1.58. The summed E-state index contributed by atoms with van der Waals surface area (Å²) in [6.07, 6.45) is 1.50. The Kier molecular flexibility index (Phi) is 6.92. The van der Waals surface area contributed by atoms with Gasteiger partial charge in [0.15, 0.2) is 0 Å². The number of nitro benzene ring substituents is 1. The number of nitrogens with one attached hydrogen (secondary N) is 3. The van der Waals surface area contributed by atoms with E-state index in [-0.39, 0.29) is 29.3 Å². The van der Waals surface area contributed by atoms with Crippen molar-refractivity contribution in [3.63, 3.8) is 0 Å². The molecular formula is C23H20N8O4. The number of nitrogens with zero attached hydrogens (tertiary/aromatic N) is 5. The highest BCUT2D eigenvalue weighted by molar-refractivity contribution is 5.80. The first-order chi connectivity index (χ1) is 17.0. The number of phenols is 1. The van der Waals surface area contributed by atoms with E-state index in [9.17, 15) is 15.2 Å². The summed E-state index contributed by atoms with van der Waals surface area (Å²) in [4.78, 5) is 23.4. The lowest BCUT2D eigenvalue weighted by atomic mass is 10.2. The van der Waals surface area contributed by atoms with Crippen LogP contribution in [0.4, 0.5) is 34.9 Å². The lowest BCUT2D eigenvalue weighted by Crippen LogP contribution is -2.07. The number of hydrogen-bond acceptors (Lipinski definition) is 11. The summed E-state index contributed by atoms with van der Waals surface area (Å²) in [5.41, 5.74) is 4.65. The highest BCUT2D eigenvalue weighted by atomic mass is 16.6. The number of rotatable bonds is 9. The molecule has 35 heavy (non-hydrogen) atoms. The molecule has 0 bridgehead atoms. The van der Waals surface area contributed by atoms with Gasteiger partial charge in [0, 0.05) is 23.5 Å². The van der Waals surface area contributed by atoms with Gasteiger partial charge in [-0.3, -0.25) is 10.1 Å². The molecule has 0 atom stereocenters. The Morgan fingerprint density at radius 2 is 1.51 bits per heavy atom. The molecule has 12 nitrogen and oxygen atoms in total. The summed E-state index contributed by atoms with van der Waals surface area (Å²) >= 11 is 0. The second-order valence-corrected chi connectivity index (χ2v) is 7.05. The lowest BCUT2D eigenvalue weighted by molar-refractivity contribution is -0.384. The van der Waals surface area contributed by atoms with Crippen LogP contribution in [-0.2, 0) is 0 Å². The predicted octanol–water partition coefficient (Wildman–Crippen LogP) is 4.43. The van der Waals surface area contributed by atoms with Crippen LogP contribution in [0.15, 0.2) is 77.9 Å². The summed E-state index contributed by atoms with van der Waals surface area (Å²) < 4.78 is 5.17. The van der Waals surface area contributed by atoms with Gasteiger partial charge in [0.1, 0.15) is 11.5 Å². The van der Waals surface area contributed by atoms with Crippen LogP contribution in [0.25, 0.3) is 0 Å². The predicted molar refractivity (Wildman–Crippen MR) is 132 cm³/mol. The third kappa shape index (κ3) is 6.38. The van der Waals surface area contributed by atoms with E-state index in [1.165, 1.54) is 18.3 Å². The van der Waals surface area contributed by atoms with Crippen molar-refractivity contribution in [2.24, 2.45) is 5.10 Å². The molecule has 0 unspecified atom stereocenters. The second kappa shape index (κ2) is 10.6. The zero-order chi connectivity index (χ0) is 24.6. The summed E-state index contributed by atoms with van der Waals surface area (Å²) in [5, 5.41) is 30.7. The normalized spacial score (nSPS) is 10.7. The molecule has 0 aliphatic carbocycles. The number of anilines is 5. The van der Waals surface area contributed by atoms with Crippen LogP contribution in [0.1, 0.15) is 5.56 Å². The first-order valence-corrected chi connectivity index (χ1v) is 10.3. The Morgan fingerprint density at radius 3 is 2.09 bits per heavy atom. The number of aromatic hydroxyl groups is 1. The Bertz CT molecular complexity index is 1340. The Labute approximate surface area is 199 Å². The molecule has 1 aromatic heterocycles. The zero-order valence-electron chi connectivity index (χ0n) is 18.4. The molecule has 0 fully saturated rings. The van der Waals surface area contributed by atoms with E-state index in [0.29, 0.717) is 22.7 Å². The average molecular weight is 472 g/mol. The van der Waals surface area contributed by atoms with E-state index < -0.39 is 4.92 Å². The maximum absolute atomic E-state index is 10.9. The van der Waals surface area contributed by atoms with Gasteiger partial charge < -0.3 is 20.5 Å². The molecule has 0 saturated heterocycles. The maximum atomic E-state index is 10.9. The van der Waals surface area contributed by atoms with E-state index in [1.807, 2.05) is 0 Å². The van der Waals surface area contributed by atoms with Gasteiger partial charge in [-0.1, -0.05) is 12.1 Å². The smallest absolute Gasteiger partial charge is 0.269 e. The fraction of sp³-hybridized carbons (Fsp3) is 0.0435. The number of non-ortho nitro benzene ring substituents is 1. The molecule has 0 aliphatic heterocycles. The molecule has 0 saturated carbocycles. The van der Waals surface area contributed by atoms with Crippen molar-refractivity contribution in [3.8, 4) is 11.5 Å². The van der Waals surface area contributed by atoms with Crippen LogP contribution in [0.5, 0.6) is 11.5 Å². The van der Waals surface area contributed by atoms with E-state index in [0.717, 1.165) is 0 Å². The Hall–Kier alpha value is -5.26. The number of hydrogen-bond donors (Lipinski definition) is 4. The molecular weight excluding hydrogens is 452 g/mol. The van der Waals surface area contributed by atoms with Gasteiger partial charge in [0.2, 0.25) is 17.8 Å². The summed E-state index contributed by atoms with van der Waals surface area (Å²) in [6, 6.07) is 19.6. The SMILES string of the molecule is COc1ccc(Nc2nc(N/N=C\c3cccc(O)c3)nc(Nc3ccc([N+](=O)[O-])cc3)n2)cc1. The van der Waals surface area contributed by atoms with E-state index in [4.69, 9.17) is 4.74 Å². The van der Waals surface area contributed by atoms with Crippen LogP contribution >= 0.6 is 0 Å². The van der Waals surface area contributed by atoms with E-state index >= 15 is 0 Å². The molecule has 4 N–H and O–H groups in total. The molecule has 4 rings (SSSR count). The van der Waals surface area contributed by atoms with Gasteiger partial charge in [-0.2, -0.15) is 20.1 Å². The summed E-state index contributed by atoms with van der Waals surface area (Å²) in [6.45, 7) is 0. The maximum Gasteiger partial charge on any atom is 0.269 e. The fourth-order valence-corrected chi connectivity index (χ4v) is 2.91. The van der Waals surface area contributed by atoms with Gasteiger partial charge in [-0.05, 0) is 54.1 Å². The summed E-state index contributed by atoms with van der Waals surface area (Å²) in [5.74, 6) is 1.37. The molecule has 0 radical (unpaired) electrons. The molecule has 176 valence electrons. The highest BCUT2D eigenvalue weighted by Gasteiger charge is 2.09. The van der Waals surface area contributed by atoms with Crippen molar-refractivity contribution in [1.82, 2.24) is 15.0 Å². The minimum absolute atomic E-state index is 0.0308. The number of ether oxygens (including phenoxy) is 1. The standard InChI is InChI=1S/C23H20N8O4/c1-35-20-11-7-17(8-12-20)26-22-27-21(25-16-5-9-18(10-6-16)31(33)34)28-23(29-22)30-24-14-15-3-2-4-19(32)13-15/h2-14,32H,1H3,(H3,25,26,27,28,29,30)/b24-14-. The molecule has 0 aliphatic rings. The van der Waals surface area contributed by atoms with Crippen LogP contribution in [0, 0.1) is 10.1 Å². The molecule has 4 aromatic rings. The number of aromatic nitrogens is 3. The van der Waals surface area contributed by atoms with Crippen molar-refractivity contribution in [3.05, 3.63) is 88.5 Å². The number of phenolic OH excluding ortho intramolecular Hbond substituents is 1. The minimum atomic E-state index is -0.476. The fourth-order valence-electron chi connectivity index (χ4n) is 2.91.